The van der Waals surface area contributed by atoms with Crippen molar-refractivity contribution in [3.63, 3.8) is 0 Å². The van der Waals surface area contributed by atoms with Crippen LogP contribution in [0.25, 0.3) is 0 Å². The summed E-state index contributed by atoms with van der Waals surface area (Å²) < 4.78 is 0. The molecule has 92 valence electrons. The van der Waals surface area contributed by atoms with E-state index in [-0.39, 0.29) is 5.91 Å². The van der Waals surface area contributed by atoms with Crippen molar-refractivity contribution in [2.75, 3.05) is 5.32 Å². The zero-order valence-corrected chi connectivity index (χ0v) is 10.1. The minimum absolute atomic E-state index is 0.0485. The van der Waals surface area contributed by atoms with Crippen molar-refractivity contribution in [1.82, 2.24) is 0 Å². The molecule has 0 spiro atoms. The van der Waals surface area contributed by atoms with Crippen LogP contribution in [0.4, 0.5) is 5.69 Å². The number of hydrogen-bond acceptors (Lipinski definition) is 2. The average molecular weight is 235 g/mol. The van der Waals surface area contributed by atoms with Gasteiger partial charge in [0.25, 0.3) is 0 Å². The van der Waals surface area contributed by atoms with Crippen molar-refractivity contribution in [1.29, 1.82) is 0 Å². The first-order valence-electron chi connectivity index (χ1n) is 5.67. The van der Waals surface area contributed by atoms with Gasteiger partial charge in [0.05, 0.1) is 5.92 Å². The second-order valence-corrected chi connectivity index (χ2v) is 3.98. The van der Waals surface area contributed by atoms with Gasteiger partial charge in [-0.05, 0) is 31.0 Å². The monoisotopic (exact) mass is 235 g/mol. The lowest BCUT2D eigenvalue weighted by Crippen LogP contribution is -2.12. The highest BCUT2D eigenvalue weighted by Gasteiger charge is 2.13. The fourth-order valence-corrected chi connectivity index (χ4v) is 1.48. The Kier molecular flexibility index (Phi) is 4.69. The summed E-state index contributed by atoms with van der Waals surface area (Å²) in [6, 6.07) is 6.95. The van der Waals surface area contributed by atoms with E-state index in [9.17, 15) is 9.59 Å². The normalized spacial score (nSPS) is 11.9. The molecule has 4 heteroatoms. The predicted molar refractivity (Wildman–Crippen MR) is 66.0 cm³/mol. The number of amides is 1. The van der Waals surface area contributed by atoms with E-state index in [4.69, 9.17) is 5.11 Å². The minimum atomic E-state index is -0.873. The Bertz CT molecular complexity index is 415. The van der Waals surface area contributed by atoms with Crippen molar-refractivity contribution < 1.29 is 14.7 Å². The SMILES string of the molecule is CCCC(=O)Nc1cccc(C(C)C(=O)O)c1. The molecule has 4 nitrogen and oxygen atoms in total. The number of carboxylic acid groups (broad SMARTS) is 1. The number of carbonyl (C=O) groups excluding carboxylic acids is 1. The van der Waals surface area contributed by atoms with Gasteiger partial charge in [0.1, 0.15) is 0 Å². The van der Waals surface area contributed by atoms with Gasteiger partial charge in [-0.2, -0.15) is 0 Å². The molecule has 0 heterocycles. The van der Waals surface area contributed by atoms with E-state index < -0.39 is 11.9 Å². The van der Waals surface area contributed by atoms with Gasteiger partial charge in [-0.15, -0.1) is 0 Å². The maximum atomic E-state index is 11.4. The molecule has 1 rings (SSSR count). The molecule has 1 amide bonds. The van der Waals surface area contributed by atoms with E-state index in [2.05, 4.69) is 5.32 Å². The van der Waals surface area contributed by atoms with Crippen molar-refractivity contribution in [2.24, 2.45) is 0 Å². The molecule has 0 aliphatic heterocycles. The van der Waals surface area contributed by atoms with E-state index >= 15 is 0 Å². The highest BCUT2D eigenvalue weighted by Crippen LogP contribution is 2.19. The topological polar surface area (TPSA) is 66.4 Å². The van der Waals surface area contributed by atoms with Crippen LogP contribution in [-0.2, 0) is 9.59 Å². The molecule has 1 aromatic rings. The standard InChI is InChI=1S/C13H17NO3/c1-3-5-12(15)14-11-7-4-6-10(8-11)9(2)13(16)17/h4,6-9H,3,5H2,1-2H3,(H,14,15)(H,16,17). The zero-order valence-electron chi connectivity index (χ0n) is 10.1. The third kappa shape index (κ3) is 3.90. The van der Waals surface area contributed by atoms with Gasteiger partial charge in [-0.3, -0.25) is 9.59 Å². The second-order valence-electron chi connectivity index (χ2n) is 3.98. The van der Waals surface area contributed by atoms with Crippen LogP contribution in [0.3, 0.4) is 0 Å². The lowest BCUT2D eigenvalue weighted by molar-refractivity contribution is -0.138. The minimum Gasteiger partial charge on any atom is -0.481 e. The summed E-state index contributed by atoms with van der Waals surface area (Å²) in [5.74, 6) is -1.49. The maximum Gasteiger partial charge on any atom is 0.310 e. The summed E-state index contributed by atoms with van der Waals surface area (Å²) in [5.41, 5.74) is 1.33. The Morgan fingerprint density at radius 1 is 1.41 bits per heavy atom. The average Bonchev–Trinajstić information content (AvgIpc) is 2.28. The number of carboxylic acids is 1. The largest absolute Gasteiger partial charge is 0.481 e. The van der Waals surface area contributed by atoms with E-state index in [0.717, 1.165) is 6.42 Å². The van der Waals surface area contributed by atoms with Crippen molar-refractivity contribution in [2.45, 2.75) is 32.6 Å². The molecular formula is C13H17NO3. The number of aliphatic carboxylic acids is 1. The molecule has 0 aliphatic carbocycles. The molecule has 1 atom stereocenters. The first-order valence-corrected chi connectivity index (χ1v) is 5.67. The van der Waals surface area contributed by atoms with Crippen LogP contribution in [0.2, 0.25) is 0 Å². The molecule has 1 unspecified atom stereocenters. The van der Waals surface area contributed by atoms with Crippen LogP contribution >= 0.6 is 0 Å². The Balaban J connectivity index is 2.79. The quantitative estimate of drug-likeness (QED) is 0.824. The van der Waals surface area contributed by atoms with E-state index in [0.29, 0.717) is 17.7 Å². The Hall–Kier alpha value is -1.84. The van der Waals surface area contributed by atoms with Crippen LogP contribution < -0.4 is 5.32 Å². The van der Waals surface area contributed by atoms with Crippen molar-refractivity contribution >= 4 is 17.6 Å². The fraction of sp³-hybridized carbons (Fsp3) is 0.385. The van der Waals surface area contributed by atoms with Gasteiger partial charge in [-0.25, -0.2) is 0 Å². The molecule has 0 bridgehead atoms. The smallest absolute Gasteiger partial charge is 0.310 e. The van der Waals surface area contributed by atoms with Gasteiger partial charge in [0.15, 0.2) is 0 Å². The van der Waals surface area contributed by atoms with Gasteiger partial charge < -0.3 is 10.4 Å². The van der Waals surface area contributed by atoms with Crippen LogP contribution in [0.15, 0.2) is 24.3 Å². The third-order valence-electron chi connectivity index (χ3n) is 2.52. The van der Waals surface area contributed by atoms with Crippen LogP contribution in [-0.4, -0.2) is 17.0 Å². The summed E-state index contributed by atoms with van der Waals surface area (Å²) in [4.78, 5) is 22.2. The molecule has 0 aromatic heterocycles. The lowest BCUT2D eigenvalue weighted by Gasteiger charge is -2.09. The number of carbonyl (C=O) groups is 2. The molecule has 0 saturated carbocycles. The number of rotatable bonds is 5. The molecule has 2 N–H and O–H groups in total. The van der Waals surface area contributed by atoms with E-state index in [1.807, 2.05) is 6.92 Å². The van der Waals surface area contributed by atoms with Crippen LogP contribution in [0.5, 0.6) is 0 Å². The summed E-state index contributed by atoms with van der Waals surface area (Å²) in [7, 11) is 0. The molecule has 0 fully saturated rings. The molecule has 17 heavy (non-hydrogen) atoms. The van der Waals surface area contributed by atoms with E-state index in [1.165, 1.54) is 0 Å². The van der Waals surface area contributed by atoms with Gasteiger partial charge >= 0.3 is 5.97 Å². The first kappa shape index (κ1) is 13.2. The first-order chi connectivity index (χ1) is 8.04. The van der Waals surface area contributed by atoms with E-state index in [1.54, 1.807) is 31.2 Å². The van der Waals surface area contributed by atoms with Crippen LogP contribution in [0.1, 0.15) is 38.2 Å². The summed E-state index contributed by atoms with van der Waals surface area (Å²) in [6.45, 7) is 3.55. The molecule has 1 aromatic carbocycles. The zero-order chi connectivity index (χ0) is 12.8. The molecule has 0 radical (unpaired) electrons. The molecule has 0 aliphatic rings. The number of benzene rings is 1. The number of nitrogens with one attached hydrogen (secondary N) is 1. The summed E-state index contributed by atoms with van der Waals surface area (Å²) in [6.07, 6.45) is 1.26. The Labute approximate surface area is 101 Å². The van der Waals surface area contributed by atoms with Crippen molar-refractivity contribution in [3.8, 4) is 0 Å². The Morgan fingerprint density at radius 2 is 2.12 bits per heavy atom. The number of anilines is 1. The molecular weight excluding hydrogens is 218 g/mol. The highest BCUT2D eigenvalue weighted by molar-refractivity contribution is 5.90. The van der Waals surface area contributed by atoms with Gasteiger partial charge in [-0.1, -0.05) is 19.1 Å². The summed E-state index contributed by atoms with van der Waals surface area (Å²) >= 11 is 0. The van der Waals surface area contributed by atoms with Crippen LogP contribution in [0, 0.1) is 0 Å². The predicted octanol–water partition coefficient (Wildman–Crippen LogP) is 2.61. The Morgan fingerprint density at radius 3 is 2.71 bits per heavy atom. The lowest BCUT2D eigenvalue weighted by atomic mass is 10.0. The summed E-state index contributed by atoms with van der Waals surface area (Å²) in [5, 5.41) is 11.7. The van der Waals surface area contributed by atoms with Gasteiger partial charge in [0.2, 0.25) is 5.91 Å². The third-order valence-corrected chi connectivity index (χ3v) is 2.52. The molecule has 0 saturated heterocycles. The fourth-order valence-electron chi connectivity index (χ4n) is 1.48. The maximum absolute atomic E-state index is 11.4. The van der Waals surface area contributed by atoms with Crippen molar-refractivity contribution in [3.05, 3.63) is 29.8 Å². The second kappa shape index (κ2) is 6.03. The highest BCUT2D eigenvalue weighted by atomic mass is 16.4. The number of hydrogen-bond donors (Lipinski definition) is 2. The van der Waals surface area contributed by atoms with Gasteiger partial charge in [0, 0.05) is 12.1 Å².